The Morgan fingerprint density at radius 3 is 2.29 bits per heavy atom. The topological polar surface area (TPSA) is 147 Å². The van der Waals surface area contributed by atoms with Crippen LogP contribution in [0.15, 0.2) is 72.8 Å². The Bertz CT molecular complexity index is 1730. The van der Waals surface area contributed by atoms with Crippen LogP contribution in [0.1, 0.15) is 39.9 Å². The molecule has 1 saturated heterocycles. The van der Waals surface area contributed by atoms with Gasteiger partial charge < -0.3 is 15.2 Å². The molecule has 45 heavy (non-hydrogen) atoms. The lowest BCUT2D eigenvalue weighted by molar-refractivity contribution is -0.139. The van der Waals surface area contributed by atoms with Crippen LogP contribution in [0.2, 0.25) is 0 Å². The van der Waals surface area contributed by atoms with Crippen molar-refractivity contribution in [2.45, 2.75) is 50.3 Å². The van der Waals surface area contributed by atoms with Crippen molar-refractivity contribution in [1.82, 2.24) is 10.2 Å². The van der Waals surface area contributed by atoms with Crippen LogP contribution in [0.3, 0.4) is 0 Å². The maximum atomic E-state index is 13.5. The summed E-state index contributed by atoms with van der Waals surface area (Å²) < 4.78 is 54.3. The highest BCUT2D eigenvalue weighted by Gasteiger charge is 2.37. The molecule has 0 saturated carbocycles. The molecule has 0 spiro atoms. The van der Waals surface area contributed by atoms with Gasteiger partial charge >= 0.3 is 5.97 Å². The summed E-state index contributed by atoms with van der Waals surface area (Å²) in [7, 11) is -6.71. The van der Waals surface area contributed by atoms with E-state index >= 15 is 0 Å². The van der Waals surface area contributed by atoms with E-state index in [0.29, 0.717) is 38.3 Å². The number of nitrogens with zero attached hydrogens (tertiary/aromatic N) is 1. The van der Waals surface area contributed by atoms with Gasteiger partial charge in [-0.15, -0.1) is 0 Å². The van der Waals surface area contributed by atoms with Crippen LogP contribution in [0.5, 0.6) is 0 Å². The van der Waals surface area contributed by atoms with Crippen LogP contribution in [0.25, 0.3) is 11.1 Å². The fourth-order valence-corrected chi connectivity index (χ4v) is 7.25. The third kappa shape index (κ3) is 9.70. The molecule has 1 amide bonds. The maximum Gasteiger partial charge on any atom is 0.326 e. The van der Waals surface area contributed by atoms with E-state index in [9.17, 15) is 31.5 Å². The molecule has 1 aliphatic rings. The number of carboxylic acid groups (broad SMARTS) is 1. The number of hydrogen-bond donors (Lipinski definition) is 2. The number of aliphatic carboxylic acids is 1. The first-order valence-corrected chi connectivity index (χ1v) is 18.7. The summed E-state index contributed by atoms with van der Waals surface area (Å²) in [5.74, 6) is -2.34. The second-order valence-electron chi connectivity index (χ2n) is 11.7. The summed E-state index contributed by atoms with van der Waals surface area (Å²) in [6, 6.07) is 21.0. The van der Waals surface area contributed by atoms with Crippen LogP contribution >= 0.6 is 0 Å². The predicted molar refractivity (Wildman–Crippen MR) is 173 cm³/mol. The van der Waals surface area contributed by atoms with Gasteiger partial charge in [-0.25, -0.2) is 21.6 Å². The molecule has 3 atom stereocenters. The van der Waals surface area contributed by atoms with Crippen molar-refractivity contribution in [1.29, 1.82) is 0 Å². The Morgan fingerprint density at radius 2 is 1.64 bits per heavy atom. The highest BCUT2D eigenvalue weighted by molar-refractivity contribution is 7.91. The van der Waals surface area contributed by atoms with Crippen molar-refractivity contribution < 1.29 is 36.3 Å². The van der Waals surface area contributed by atoms with Gasteiger partial charge in [0, 0.05) is 37.2 Å². The second kappa shape index (κ2) is 14.7. The lowest BCUT2D eigenvalue weighted by atomic mass is 9.93. The van der Waals surface area contributed by atoms with Crippen molar-refractivity contribution in [3.8, 4) is 11.1 Å². The van der Waals surface area contributed by atoms with Crippen molar-refractivity contribution in [3.05, 3.63) is 95.1 Å². The summed E-state index contributed by atoms with van der Waals surface area (Å²) in [6.07, 6.45) is 2.46. The number of sulfone groups is 2. The Labute approximate surface area is 265 Å². The van der Waals surface area contributed by atoms with E-state index in [1.54, 1.807) is 12.1 Å². The van der Waals surface area contributed by atoms with Gasteiger partial charge in [-0.1, -0.05) is 60.7 Å². The summed E-state index contributed by atoms with van der Waals surface area (Å²) in [4.78, 5) is 27.4. The summed E-state index contributed by atoms with van der Waals surface area (Å²) in [5.41, 5.74) is 4.40. The van der Waals surface area contributed by atoms with Gasteiger partial charge in [0.05, 0.1) is 24.2 Å². The van der Waals surface area contributed by atoms with E-state index in [1.165, 1.54) is 6.26 Å². The normalized spacial score (nSPS) is 18.0. The van der Waals surface area contributed by atoms with E-state index in [0.717, 1.165) is 28.5 Å². The van der Waals surface area contributed by atoms with E-state index in [-0.39, 0.29) is 23.8 Å². The molecule has 242 valence electrons. The van der Waals surface area contributed by atoms with Crippen molar-refractivity contribution in [2.75, 3.05) is 31.4 Å². The number of hydrogen-bond acceptors (Lipinski definition) is 8. The Balaban J connectivity index is 1.60. The van der Waals surface area contributed by atoms with Crippen LogP contribution in [-0.4, -0.2) is 87.5 Å². The third-order valence-electron chi connectivity index (χ3n) is 8.05. The van der Waals surface area contributed by atoms with Gasteiger partial charge in [-0.3, -0.25) is 9.69 Å². The van der Waals surface area contributed by atoms with Gasteiger partial charge in [0.15, 0.2) is 9.84 Å². The number of rotatable bonds is 14. The number of benzene rings is 3. The zero-order valence-electron chi connectivity index (χ0n) is 25.7. The van der Waals surface area contributed by atoms with Gasteiger partial charge in [-0.2, -0.15) is 0 Å². The van der Waals surface area contributed by atoms with Crippen LogP contribution < -0.4 is 5.32 Å². The number of nitrogens with one attached hydrogen (secondary N) is 1. The molecule has 2 N–H and O–H groups in total. The van der Waals surface area contributed by atoms with Gasteiger partial charge in [0.2, 0.25) is 0 Å². The molecule has 4 rings (SSSR count). The van der Waals surface area contributed by atoms with Gasteiger partial charge in [0.25, 0.3) is 5.91 Å². The van der Waals surface area contributed by atoms with Crippen LogP contribution in [0.4, 0.5) is 0 Å². The quantitative estimate of drug-likeness (QED) is 0.266. The number of ether oxygens (including phenoxy) is 1. The van der Waals surface area contributed by atoms with E-state index in [2.05, 4.69) is 10.2 Å². The Morgan fingerprint density at radius 1 is 0.956 bits per heavy atom. The minimum atomic E-state index is -3.43. The van der Waals surface area contributed by atoms with Crippen molar-refractivity contribution in [2.24, 2.45) is 0 Å². The average molecular weight is 657 g/mol. The Hall–Kier alpha value is -3.58. The smallest absolute Gasteiger partial charge is 0.326 e. The summed E-state index contributed by atoms with van der Waals surface area (Å²) in [5, 5.41) is 11.6. The first-order valence-electron chi connectivity index (χ1n) is 14.7. The lowest BCUT2D eigenvalue weighted by Gasteiger charge is -2.25. The Kier molecular flexibility index (Phi) is 11.2. The van der Waals surface area contributed by atoms with Crippen molar-refractivity contribution in [3.63, 3.8) is 0 Å². The first-order chi connectivity index (χ1) is 21.2. The van der Waals surface area contributed by atoms with E-state index < -0.39 is 42.8 Å². The molecule has 12 heteroatoms. The third-order valence-corrected chi connectivity index (χ3v) is 10.6. The summed E-state index contributed by atoms with van der Waals surface area (Å²) in [6.45, 7) is 3.44. The highest BCUT2D eigenvalue weighted by atomic mass is 32.2. The maximum absolute atomic E-state index is 13.5. The van der Waals surface area contributed by atoms with Crippen molar-refractivity contribution >= 4 is 31.6 Å². The fourth-order valence-electron chi connectivity index (χ4n) is 5.55. The number of carbonyl (C=O) groups is 2. The SMILES string of the molecule is Cc1ccccc1-c1cc(CN2C[C@@H](S(C)(=O)=O)C[C@@H]2COCc2ccccc2)ccc1C(=O)N[C@@H](CCS(C)(=O)=O)C(=O)O. The molecule has 0 unspecified atom stereocenters. The van der Waals surface area contributed by atoms with Crippen LogP contribution in [0, 0.1) is 6.92 Å². The largest absolute Gasteiger partial charge is 0.480 e. The second-order valence-corrected chi connectivity index (χ2v) is 16.3. The molecule has 10 nitrogen and oxygen atoms in total. The minimum absolute atomic E-state index is 0.135. The molecular weight excluding hydrogens is 617 g/mol. The molecule has 0 radical (unpaired) electrons. The molecule has 3 aromatic carbocycles. The predicted octanol–water partition coefficient (Wildman–Crippen LogP) is 3.48. The molecule has 0 aliphatic carbocycles. The molecule has 1 aliphatic heterocycles. The van der Waals surface area contributed by atoms with Crippen LogP contribution in [-0.2, 0) is 42.4 Å². The lowest BCUT2D eigenvalue weighted by Crippen LogP contribution is -2.42. The van der Waals surface area contributed by atoms with Gasteiger partial charge in [-0.05, 0) is 59.7 Å². The number of likely N-dealkylation sites (tertiary alicyclic amines) is 1. The zero-order valence-corrected chi connectivity index (χ0v) is 27.3. The number of carbonyl (C=O) groups excluding carboxylic acids is 1. The fraction of sp³-hybridized carbons (Fsp3) is 0.394. The number of aryl methyl sites for hydroxylation is 1. The number of amides is 1. The van der Waals surface area contributed by atoms with Gasteiger partial charge in [0.1, 0.15) is 15.9 Å². The minimum Gasteiger partial charge on any atom is -0.480 e. The molecule has 1 heterocycles. The van der Waals surface area contributed by atoms with E-state index in [4.69, 9.17) is 4.74 Å². The van der Waals surface area contributed by atoms with E-state index in [1.807, 2.05) is 67.6 Å². The molecule has 0 bridgehead atoms. The first kappa shape index (κ1) is 34.3. The number of carboxylic acids is 1. The highest BCUT2D eigenvalue weighted by Crippen LogP contribution is 2.31. The molecule has 1 fully saturated rings. The monoisotopic (exact) mass is 656 g/mol. The molecule has 0 aromatic heterocycles. The zero-order chi connectivity index (χ0) is 32.8. The summed E-state index contributed by atoms with van der Waals surface area (Å²) >= 11 is 0. The molecule has 3 aromatic rings. The average Bonchev–Trinajstić information content (AvgIpc) is 3.38. The molecular formula is C33H40N2O8S2. The standard InChI is InChI=1S/C33H40N2O8S2/c1-23-9-7-8-12-28(23)30-17-25(13-14-29(30)32(36)34-31(33(37)38)15-16-44(2,39)40)19-35-20-27(45(3,41)42)18-26(35)22-43-21-24-10-5-4-6-11-24/h4-14,17,26-27,31H,15-16,18-22H2,1-3H3,(H,34,36)(H,37,38)/t26-,27+,31+/m1/s1.